The Bertz CT molecular complexity index is 339. The predicted molar refractivity (Wildman–Crippen MR) is 50.3 cm³/mol. The molecule has 1 heterocycles. The van der Waals surface area contributed by atoms with Crippen LogP contribution in [-0.4, -0.2) is 18.3 Å². The number of ether oxygens (including phenoxy) is 1. The molecule has 0 bridgehead atoms. The lowest BCUT2D eigenvalue weighted by molar-refractivity contribution is -0.0905. The van der Waals surface area contributed by atoms with E-state index in [9.17, 15) is 13.9 Å². The molecule has 1 N–H and O–H groups in total. The van der Waals surface area contributed by atoms with Gasteiger partial charge in [-0.25, -0.2) is 8.78 Å². The zero-order valence-electron chi connectivity index (χ0n) is 8.17. The normalized spacial score (nSPS) is 26.6. The molecule has 4 heteroatoms. The SMILES string of the molecule is OC1(c2cc(F)cc(F)c2)CCCOC1. The molecule has 82 valence electrons. The van der Waals surface area contributed by atoms with Crippen molar-refractivity contribution in [3.63, 3.8) is 0 Å². The summed E-state index contributed by atoms with van der Waals surface area (Å²) in [5.41, 5.74) is -0.999. The van der Waals surface area contributed by atoms with Gasteiger partial charge >= 0.3 is 0 Å². The van der Waals surface area contributed by atoms with Gasteiger partial charge in [-0.05, 0) is 30.5 Å². The van der Waals surface area contributed by atoms with Gasteiger partial charge in [-0.1, -0.05) is 0 Å². The highest BCUT2D eigenvalue weighted by Gasteiger charge is 2.32. The lowest BCUT2D eigenvalue weighted by atomic mass is 9.88. The van der Waals surface area contributed by atoms with Crippen LogP contribution in [0.15, 0.2) is 18.2 Å². The average molecular weight is 214 g/mol. The summed E-state index contributed by atoms with van der Waals surface area (Å²) in [5.74, 6) is -1.35. The maximum Gasteiger partial charge on any atom is 0.126 e. The maximum absolute atomic E-state index is 13.0. The summed E-state index contributed by atoms with van der Waals surface area (Å²) in [6, 6.07) is 3.09. The van der Waals surface area contributed by atoms with Gasteiger partial charge in [0.15, 0.2) is 0 Å². The second-order valence-corrected chi connectivity index (χ2v) is 3.85. The molecule has 2 rings (SSSR count). The highest BCUT2D eigenvalue weighted by atomic mass is 19.1. The molecule has 0 amide bonds. The number of halogens is 2. The van der Waals surface area contributed by atoms with Gasteiger partial charge in [-0.3, -0.25) is 0 Å². The molecule has 0 aliphatic carbocycles. The third-order valence-electron chi connectivity index (χ3n) is 2.62. The molecule has 0 saturated carbocycles. The number of rotatable bonds is 1. The molecular formula is C11H12F2O2. The van der Waals surface area contributed by atoms with E-state index >= 15 is 0 Å². The van der Waals surface area contributed by atoms with Crippen LogP contribution >= 0.6 is 0 Å². The Morgan fingerprint density at radius 2 is 1.87 bits per heavy atom. The van der Waals surface area contributed by atoms with Gasteiger partial charge in [-0.2, -0.15) is 0 Å². The summed E-state index contributed by atoms with van der Waals surface area (Å²) < 4.78 is 31.0. The van der Waals surface area contributed by atoms with Crippen LogP contribution in [-0.2, 0) is 10.3 Å². The van der Waals surface area contributed by atoms with Crippen LogP contribution in [0.25, 0.3) is 0 Å². The minimum atomic E-state index is -1.25. The minimum absolute atomic E-state index is 0.0931. The first-order valence-electron chi connectivity index (χ1n) is 4.87. The van der Waals surface area contributed by atoms with Gasteiger partial charge in [0.05, 0.1) is 6.61 Å². The van der Waals surface area contributed by atoms with Crippen LogP contribution in [0.4, 0.5) is 8.78 Å². The minimum Gasteiger partial charge on any atom is -0.383 e. The highest BCUT2D eigenvalue weighted by Crippen LogP contribution is 2.30. The number of aliphatic hydroxyl groups is 1. The Morgan fingerprint density at radius 1 is 1.20 bits per heavy atom. The third-order valence-corrected chi connectivity index (χ3v) is 2.62. The molecule has 15 heavy (non-hydrogen) atoms. The first-order valence-corrected chi connectivity index (χ1v) is 4.87. The Hall–Kier alpha value is -1.00. The highest BCUT2D eigenvalue weighted by molar-refractivity contribution is 5.24. The molecule has 2 nitrogen and oxygen atoms in total. The quantitative estimate of drug-likeness (QED) is 0.774. The van der Waals surface area contributed by atoms with Crippen LogP contribution in [0.1, 0.15) is 18.4 Å². The van der Waals surface area contributed by atoms with E-state index in [1.165, 1.54) is 0 Å². The van der Waals surface area contributed by atoms with Crippen molar-refractivity contribution in [2.24, 2.45) is 0 Å². The van der Waals surface area contributed by atoms with Crippen molar-refractivity contribution >= 4 is 0 Å². The van der Waals surface area contributed by atoms with E-state index in [-0.39, 0.29) is 12.2 Å². The summed E-state index contributed by atoms with van der Waals surface area (Å²) in [6.45, 7) is 0.677. The second-order valence-electron chi connectivity index (χ2n) is 3.85. The van der Waals surface area contributed by atoms with Crippen LogP contribution in [0.5, 0.6) is 0 Å². The van der Waals surface area contributed by atoms with Gasteiger partial charge in [0.2, 0.25) is 0 Å². The molecule has 1 aliphatic heterocycles. The van der Waals surface area contributed by atoms with E-state index in [4.69, 9.17) is 4.74 Å². The van der Waals surface area contributed by atoms with Crippen molar-refractivity contribution in [1.29, 1.82) is 0 Å². The number of hydrogen-bond acceptors (Lipinski definition) is 2. The van der Waals surface area contributed by atoms with E-state index in [0.717, 1.165) is 18.2 Å². The first-order chi connectivity index (χ1) is 7.10. The van der Waals surface area contributed by atoms with Crippen LogP contribution in [0.3, 0.4) is 0 Å². The summed E-state index contributed by atoms with van der Waals surface area (Å²) in [5, 5.41) is 10.1. The fraction of sp³-hybridized carbons (Fsp3) is 0.455. The summed E-state index contributed by atoms with van der Waals surface area (Å²) in [6.07, 6.45) is 1.16. The smallest absolute Gasteiger partial charge is 0.126 e. The number of benzene rings is 1. The fourth-order valence-corrected chi connectivity index (χ4v) is 1.83. The standard InChI is InChI=1S/C11H12F2O2/c12-9-4-8(5-10(13)6-9)11(14)2-1-3-15-7-11/h4-6,14H,1-3,7H2. The molecule has 0 spiro atoms. The molecule has 1 aromatic rings. The van der Waals surface area contributed by atoms with Crippen molar-refractivity contribution in [3.05, 3.63) is 35.4 Å². The van der Waals surface area contributed by atoms with E-state index in [0.29, 0.717) is 19.4 Å². The molecule has 1 unspecified atom stereocenters. The van der Waals surface area contributed by atoms with Crippen molar-refractivity contribution < 1.29 is 18.6 Å². The van der Waals surface area contributed by atoms with E-state index in [1.54, 1.807) is 0 Å². The third kappa shape index (κ3) is 2.16. The molecule has 1 fully saturated rings. The lowest BCUT2D eigenvalue weighted by Gasteiger charge is -2.32. The molecule has 0 aromatic heterocycles. The Labute approximate surface area is 86.5 Å². The molecule has 1 saturated heterocycles. The first kappa shape index (κ1) is 10.5. The van der Waals surface area contributed by atoms with Crippen LogP contribution in [0.2, 0.25) is 0 Å². The van der Waals surface area contributed by atoms with Crippen LogP contribution < -0.4 is 0 Å². The van der Waals surface area contributed by atoms with Gasteiger partial charge in [0, 0.05) is 12.7 Å². The monoisotopic (exact) mass is 214 g/mol. The lowest BCUT2D eigenvalue weighted by Crippen LogP contribution is -2.36. The summed E-state index contributed by atoms with van der Waals surface area (Å²) in [7, 11) is 0. The van der Waals surface area contributed by atoms with Crippen molar-refractivity contribution in [2.45, 2.75) is 18.4 Å². The average Bonchev–Trinajstić information content (AvgIpc) is 2.17. The molecule has 1 aromatic carbocycles. The Morgan fingerprint density at radius 3 is 2.40 bits per heavy atom. The largest absolute Gasteiger partial charge is 0.383 e. The summed E-state index contributed by atoms with van der Waals surface area (Å²) >= 11 is 0. The van der Waals surface area contributed by atoms with Gasteiger partial charge in [0.25, 0.3) is 0 Å². The summed E-state index contributed by atoms with van der Waals surface area (Å²) in [4.78, 5) is 0. The van der Waals surface area contributed by atoms with E-state index in [2.05, 4.69) is 0 Å². The van der Waals surface area contributed by atoms with Crippen molar-refractivity contribution in [1.82, 2.24) is 0 Å². The van der Waals surface area contributed by atoms with Gasteiger partial charge < -0.3 is 9.84 Å². The van der Waals surface area contributed by atoms with Gasteiger partial charge in [0.1, 0.15) is 17.2 Å². The number of hydrogen-bond donors (Lipinski definition) is 1. The fourth-order valence-electron chi connectivity index (χ4n) is 1.83. The van der Waals surface area contributed by atoms with Crippen molar-refractivity contribution in [2.75, 3.05) is 13.2 Å². The topological polar surface area (TPSA) is 29.5 Å². The molecular weight excluding hydrogens is 202 g/mol. The van der Waals surface area contributed by atoms with Crippen molar-refractivity contribution in [3.8, 4) is 0 Å². The second kappa shape index (κ2) is 3.87. The maximum atomic E-state index is 13.0. The predicted octanol–water partition coefficient (Wildman–Crippen LogP) is 1.96. The zero-order valence-corrected chi connectivity index (χ0v) is 8.17. The Balaban J connectivity index is 2.34. The Kier molecular flexibility index (Phi) is 2.71. The molecule has 1 atom stereocenters. The zero-order chi connectivity index (χ0) is 10.9. The van der Waals surface area contributed by atoms with Crippen LogP contribution in [0, 0.1) is 11.6 Å². The molecule has 0 radical (unpaired) electrons. The molecule has 1 aliphatic rings. The van der Waals surface area contributed by atoms with E-state index < -0.39 is 17.2 Å². The van der Waals surface area contributed by atoms with Gasteiger partial charge in [-0.15, -0.1) is 0 Å². The van der Waals surface area contributed by atoms with E-state index in [1.807, 2.05) is 0 Å².